The first-order valence-electron chi connectivity index (χ1n) is 5.48. The summed E-state index contributed by atoms with van der Waals surface area (Å²) in [6.45, 7) is 0.519. The summed E-state index contributed by atoms with van der Waals surface area (Å²) in [5.41, 5.74) is 8.65. The number of fused-ring (bicyclic) bond motifs is 1. The quantitative estimate of drug-likeness (QED) is 0.768. The molecule has 18 heavy (non-hydrogen) atoms. The van der Waals surface area contributed by atoms with Crippen LogP contribution in [0.15, 0.2) is 40.9 Å². The molecule has 2 N–H and O–H groups in total. The monoisotopic (exact) mass is 259 g/mol. The number of benzene rings is 1. The van der Waals surface area contributed by atoms with E-state index in [1.807, 2.05) is 24.3 Å². The van der Waals surface area contributed by atoms with E-state index in [1.54, 1.807) is 6.07 Å². The highest BCUT2D eigenvalue weighted by molar-refractivity contribution is 6.30. The maximum atomic E-state index is 5.86. The van der Waals surface area contributed by atoms with Gasteiger partial charge in [-0.15, -0.1) is 0 Å². The highest BCUT2D eigenvalue weighted by Gasteiger charge is 2.09. The first-order chi connectivity index (χ1) is 8.76. The van der Waals surface area contributed by atoms with Crippen LogP contribution in [0.25, 0.3) is 22.7 Å². The fraction of sp³-hybridized carbons (Fsp3) is 0.0769. The van der Waals surface area contributed by atoms with Crippen LogP contribution in [0.5, 0.6) is 0 Å². The number of nitrogens with two attached hydrogens (primary N) is 1. The van der Waals surface area contributed by atoms with Crippen molar-refractivity contribution < 1.29 is 4.42 Å². The van der Waals surface area contributed by atoms with Crippen molar-refractivity contribution in [2.75, 3.05) is 0 Å². The Hall–Kier alpha value is -1.91. The van der Waals surface area contributed by atoms with E-state index in [4.69, 9.17) is 21.8 Å². The van der Waals surface area contributed by atoms with Crippen molar-refractivity contribution in [1.29, 1.82) is 0 Å². The Kier molecular flexibility index (Phi) is 2.74. The number of oxazole rings is 1. The number of nitrogens with zero attached hydrogens (tertiary/aromatic N) is 2. The summed E-state index contributed by atoms with van der Waals surface area (Å²) >= 11 is 5.86. The van der Waals surface area contributed by atoms with Crippen LogP contribution in [0.2, 0.25) is 5.02 Å². The molecule has 0 bridgehead atoms. The molecular formula is C13H10ClN3O. The van der Waals surface area contributed by atoms with Crippen molar-refractivity contribution in [1.82, 2.24) is 9.97 Å². The minimum atomic E-state index is 0.484. The molecule has 0 atom stereocenters. The van der Waals surface area contributed by atoms with Gasteiger partial charge >= 0.3 is 0 Å². The van der Waals surface area contributed by atoms with Gasteiger partial charge in [-0.05, 0) is 23.8 Å². The number of halogens is 1. The molecule has 3 aromatic rings. The van der Waals surface area contributed by atoms with E-state index < -0.39 is 0 Å². The second-order valence-electron chi connectivity index (χ2n) is 3.90. The Morgan fingerprint density at radius 2 is 2.00 bits per heavy atom. The molecular weight excluding hydrogens is 250 g/mol. The van der Waals surface area contributed by atoms with Gasteiger partial charge in [0, 0.05) is 18.3 Å². The Morgan fingerprint density at radius 3 is 2.72 bits per heavy atom. The first kappa shape index (κ1) is 11.2. The third-order valence-electron chi connectivity index (χ3n) is 2.65. The van der Waals surface area contributed by atoms with Crippen LogP contribution >= 0.6 is 11.6 Å². The van der Waals surface area contributed by atoms with Crippen LogP contribution in [0.1, 0.15) is 5.56 Å². The molecule has 90 valence electrons. The standard InChI is InChI=1S/C13H10ClN3O/c14-10-5-11-13(16-7-10)18-12(17-11)9-3-1-8(6-15)2-4-9/h1-5,7H,6,15H2. The normalized spacial score (nSPS) is 11.0. The van der Waals surface area contributed by atoms with E-state index in [1.165, 1.54) is 6.20 Å². The molecule has 3 rings (SSSR count). The minimum absolute atomic E-state index is 0.484. The molecule has 1 aromatic carbocycles. The SMILES string of the molecule is NCc1ccc(-c2nc3cc(Cl)cnc3o2)cc1. The van der Waals surface area contributed by atoms with Crippen LogP contribution < -0.4 is 5.73 Å². The fourth-order valence-corrected chi connectivity index (χ4v) is 1.86. The van der Waals surface area contributed by atoms with Crippen molar-refractivity contribution in [3.63, 3.8) is 0 Å². The summed E-state index contributed by atoms with van der Waals surface area (Å²) in [5.74, 6) is 0.531. The maximum Gasteiger partial charge on any atom is 0.247 e. The Balaban J connectivity index is 2.07. The number of aromatic nitrogens is 2. The van der Waals surface area contributed by atoms with Crippen molar-refractivity contribution in [3.05, 3.63) is 47.1 Å². The Morgan fingerprint density at radius 1 is 1.22 bits per heavy atom. The lowest BCUT2D eigenvalue weighted by Crippen LogP contribution is -1.95. The van der Waals surface area contributed by atoms with Crippen LogP contribution in [0, 0.1) is 0 Å². The van der Waals surface area contributed by atoms with Gasteiger partial charge in [0.05, 0.1) is 5.02 Å². The zero-order valence-electron chi connectivity index (χ0n) is 9.43. The topological polar surface area (TPSA) is 64.9 Å². The molecule has 2 heterocycles. The van der Waals surface area contributed by atoms with Gasteiger partial charge in [-0.2, -0.15) is 0 Å². The van der Waals surface area contributed by atoms with Crippen LogP contribution in [0.3, 0.4) is 0 Å². The average Bonchev–Trinajstić information content (AvgIpc) is 2.81. The van der Waals surface area contributed by atoms with Crippen LogP contribution in [-0.2, 0) is 6.54 Å². The van der Waals surface area contributed by atoms with E-state index in [2.05, 4.69) is 9.97 Å². The van der Waals surface area contributed by atoms with Gasteiger partial charge < -0.3 is 10.2 Å². The minimum Gasteiger partial charge on any atom is -0.418 e. The maximum absolute atomic E-state index is 5.86. The number of rotatable bonds is 2. The Labute approximate surface area is 108 Å². The lowest BCUT2D eigenvalue weighted by Gasteiger charge is -1.97. The molecule has 0 aliphatic carbocycles. The Bertz CT molecular complexity index is 691. The highest BCUT2D eigenvalue weighted by Crippen LogP contribution is 2.24. The van der Waals surface area contributed by atoms with Crippen molar-refractivity contribution in [3.8, 4) is 11.5 Å². The molecule has 0 spiro atoms. The summed E-state index contributed by atoms with van der Waals surface area (Å²) < 4.78 is 5.57. The van der Waals surface area contributed by atoms with E-state index in [0.29, 0.717) is 28.7 Å². The van der Waals surface area contributed by atoms with Crippen molar-refractivity contribution in [2.45, 2.75) is 6.54 Å². The highest BCUT2D eigenvalue weighted by atomic mass is 35.5. The van der Waals surface area contributed by atoms with Crippen LogP contribution in [0.4, 0.5) is 0 Å². The first-order valence-corrected chi connectivity index (χ1v) is 5.85. The number of hydrogen-bond donors (Lipinski definition) is 1. The van der Waals surface area contributed by atoms with Gasteiger partial charge in [-0.1, -0.05) is 23.7 Å². The van der Waals surface area contributed by atoms with Gasteiger partial charge in [0.2, 0.25) is 11.6 Å². The molecule has 0 saturated carbocycles. The van der Waals surface area contributed by atoms with Gasteiger partial charge in [0.25, 0.3) is 0 Å². The smallest absolute Gasteiger partial charge is 0.247 e. The molecule has 0 amide bonds. The largest absolute Gasteiger partial charge is 0.418 e. The van der Waals surface area contributed by atoms with E-state index in [9.17, 15) is 0 Å². The number of pyridine rings is 1. The second kappa shape index (κ2) is 4.40. The lowest BCUT2D eigenvalue weighted by molar-refractivity contribution is 0.608. The molecule has 0 unspecified atom stereocenters. The predicted octanol–water partition coefficient (Wildman–Crippen LogP) is 3.00. The van der Waals surface area contributed by atoms with Gasteiger partial charge in [0.1, 0.15) is 5.52 Å². The van der Waals surface area contributed by atoms with Crippen molar-refractivity contribution in [2.24, 2.45) is 5.73 Å². The van der Waals surface area contributed by atoms with Gasteiger partial charge in [-0.3, -0.25) is 0 Å². The summed E-state index contributed by atoms with van der Waals surface area (Å²) in [7, 11) is 0. The molecule has 0 radical (unpaired) electrons. The molecule has 2 aromatic heterocycles. The molecule has 0 fully saturated rings. The fourth-order valence-electron chi connectivity index (χ4n) is 1.71. The van der Waals surface area contributed by atoms with Crippen LogP contribution in [-0.4, -0.2) is 9.97 Å². The van der Waals surface area contributed by atoms with E-state index in [-0.39, 0.29) is 0 Å². The zero-order chi connectivity index (χ0) is 12.5. The summed E-state index contributed by atoms with van der Waals surface area (Å²) in [5, 5.41) is 0.542. The molecule has 5 heteroatoms. The second-order valence-corrected chi connectivity index (χ2v) is 4.33. The van der Waals surface area contributed by atoms with Gasteiger partial charge in [-0.25, -0.2) is 9.97 Å². The lowest BCUT2D eigenvalue weighted by atomic mass is 10.1. The third-order valence-corrected chi connectivity index (χ3v) is 2.86. The van der Waals surface area contributed by atoms with Gasteiger partial charge in [0.15, 0.2) is 0 Å². The molecule has 0 aliphatic heterocycles. The average molecular weight is 260 g/mol. The molecule has 4 nitrogen and oxygen atoms in total. The summed E-state index contributed by atoms with van der Waals surface area (Å²) in [4.78, 5) is 8.43. The predicted molar refractivity (Wildman–Crippen MR) is 70.1 cm³/mol. The third kappa shape index (κ3) is 1.96. The molecule has 0 aliphatic rings. The van der Waals surface area contributed by atoms with Crippen molar-refractivity contribution >= 4 is 22.8 Å². The summed E-state index contributed by atoms with van der Waals surface area (Å²) in [6.07, 6.45) is 1.54. The molecule has 0 saturated heterocycles. The van der Waals surface area contributed by atoms with E-state index in [0.717, 1.165) is 11.1 Å². The zero-order valence-corrected chi connectivity index (χ0v) is 10.2. The summed E-state index contributed by atoms with van der Waals surface area (Å²) in [6, 6.07) is 9.48. The van der Waals surface area contributed by atoms with E-state index >= 15 is 0 Å². The number of hydrogen-bond acceptors (Lipinski definition) is 4.